The molecule has 128 valence electrons. The zero-order chi connectivity index (χ0) is 17.4. The Morgan fingerprint density at radius 2 is 1.91 bits per heavy atom. The van der Waals surface area contributed by atoms with E-state index in [1.54, 1.807) is 13.8 Å². The number of sulfonamides is 1. The van der Waals surface area contributed by atoms with Gasteiger partial charge in [0.05, 0.1) is 32.5 Å². The average Bonchev–Trinajstić information content (AvgIpc) is 2.78. The summed E-state index contributed by atoms with van der Waals surface area (Å²) < 4.78 is 50.0. The van der Waals surface area contributed by atoms with Crippen LogP contribution in [-0.2, 0) is 19.9 Å². The Morgan fingerprint density at radius 1 is 1.26 bits per heavy atom. The highest BCUT2D eigenvalue weighted by molar-refractivity contribution is 7.92. The predicted molar refractivity (Wildman–Crippen MR) is 91.3 cm³/mol. The smallest absolute Gasteiger partial charge is 0.229 e. The van der Waals surface area contributed by atoms with Gasteiger partial charge in [-0.1, -0.05) is 23.2 Å². The molecule has 0 aliphatic carbocycles. The van der Waals surface area contributed by atoms with Crippen molar-refractivity contribution in [1.82, 2.24) is 4.41 Å². The fraction of sp³-hybridized carbons (Fsp3) is 0.462. The lowest BCUT2D eigenvalue weighted by molar-refractivity contribution is 0.355. The molecule has 1 aromatic rings. The first-order valence-corrected chi connectivity index (χ1v) is 10.8. The van der Waals surface area contributed by atoms with Crippen molar-refractivity contribution in [1.29, 1.82) is 0 Å². The Kier molecular flexibility index (Phi) is 5.30. The topological polar surface area (TPSA) is 83.9 Å². The molecule has 1 aliphatic heterocycles. The third kappa shape index (κ3) is 4.17. The van der Waals surface area contributed by atoms with Gasteiger partial charge >= 0.3 is 0 Å². The van der Waals surface area contributed by atoms with Crippen LogP contribution >= 0.6 is 23.2 Å². The quantitative estimate of drug-likeness (QED) is 0.576. The van der Waals surface area contributed by atoms with Gasteiger partial charge in [0.2, 0.25) is 0 Å². The van der Waals surface area contributed by atoms with Crippen molar-refractivity contribution in [3.8, 4) is 0 Å². The Labute approximate surface area is 146 Å². The number of hydrazone groups is 1. The summed E-state index contributed by atoms with van der Waals surface area (Å²) in [7, 11) is -7.29. The standard InChI is InChI=1S/C13H16Cl2N2O4S2/c1-9(2)16-17(10-5-6-22(18,19)8-10)23(20,21)11-3-4-12(14)13(15)7-11/h3-4,7,10H,5-6,8H2,1-2H3/t10-/m0/s1. The van der Waals surface area contributed by atoms with Gasteiger partial charge in [0.25, 0.3) is 10.0 Å². The van der Waals surface area contributed by atoms with E-state index in [0.717, 1.165) is 4.41 Å². The molecule has 1 heterocycles. The van der Waals surface area contributed by atoms with Crippen molar-refractivity contribution < 1.29 is 16.8 Å². The van der Waals surface area contributed by atoms with Gasteiger partial charge in [-0.2, -0.15) is 17.9 Å². The van der Waals surface area contributed by atoms with Gasteiger partial charge in [-0.25, -0.2) is 8.42 Å². The van der Waals surface area contributed by atoms with Crippen LogP contribution in [0.3, 0.4) is 0 Å². The first-order chi connectivity index (χ1) is 10.5. The van der Waals surface area contributed by atoms with E-state index in [1.165, 1.54) is 18.2 Å². The number of hydrogen-bond acceptors (Lipinski definition) is 5. The average molecular weight is 399 g/mol. The SMILES string of the molecule is CC(C)=NN([C@H]1CCS(=O)(=O)C1)S(=O)(=O)c1ccc(Cl)c(Cl)c1. The zero-order valence-electron chi connectivity index (χ0n) is 12.5. The van der Waals surface area contributed by atoms with E-state index in [1.807, 2.05) is 0 Å². The molecule has 0 radical (unpaired) electrons. The lowest BCUT2D eigenvalue weighted by Gasteiger charge is -2.25. The lowest BCUT2D eigenvalue weighted by Crippen LogP contribution is -2.37. The van der Waals surface area contributed by atoms with Crippen molar-refractivity contribution in [2.45, 2.75) is 31.2 Å². The minimum absolute atomic E-state index is 0.0522. The largest absolute Gasteiger partial charge is 0.279 e. The third-order valence-corrected chi connectivity index (χ3v) is 7.47. The van der Waals surface area contributed by atoms with Gasteiger partial charge in [-0.05, 0) is 38.5 Å². The van der Waals surface area contributed by atoms with E-state index < -0.39 is 25.9 Å². The summed E-state index contributed by atoms with van der Waals surface area (Å²) in [4.78, 5) is -0.0822. The van der Waals surface area contributed by atoms with E-state index in [0.29, 0.717) is 5.71 Å². The van der Waals surface area contributed by atoms with Crippen LogP contribution in [0.1, 0.15) is 20.3 Å². The summed E-state index contributed by atoms with van der Waals surface area (Å²) in [6.07, 6.45) is 0.208. The molecule has 1 aromatic carbocycles. The molecule has 0 N–H and O–H groups in total. The second-order valence-corrected chi connectivity index (χ2v) is 10.3. The van der Waals surface area contributed by atoms with Crippen molar-refractivity contribution in [2.75, 3.05) is 11.5 Å². The number of nitrogens with zero attached hydrogens (tertiary/aromatic N) is 2. The van der Waals surface area contributed by atoms with Crippen LogP contribution in [0, 0.1) is 0 Å². The maximum atomic E-state index is 12.9. The normalized spacial score (nSPS) is 20.3. The number of rotatable bonds is 4. The molecule has 1 aliphatic rings. The third-order valence-electron chi connectivity index (χ3n) is 3.25. The molecule has 1 atom stereocenters. The fourth-order valence-corrected chi connectivity index (χ4v) is 5.94. The summed E-state index contributed by atoms with van der Waals surface area (Å²) >= 11 is 11.7. The van der Waals surface area contributed by atoms with Gasteiger partial charge in [-0.15, -0.1) is 0 Å². The van der Waals surface area contributed by atoms with Crippen LogP contribution in [0.2, 0.25) is 10.0 Å². The zero-order valence-corrected chi connectivity index (χ0v) is 15.7. The van der Waals surface area contributed by atoms with Crippen molar-refractivity contribution in [3.05, 3.63) is 28.2 Å². The van der Waals surface area contributed by atoms with Crippen LogP contribution in [0.25, 0.3) is 0 Å². The highest BCUT2D eigenvalue weighted by atomic mass is 35.5. The fourth-order valence-electron chi connectivity index (χ4n) is 2.22. The molecule has 0 spiro atoms. The Bertz CT molecular complexity index is 847. The molecule has 0 saturated carbocycles. The molecule has 0 bridgehead atoms. The van der Waals surface area contributed by atoms with Crippen LogP contribution in [0.15, 0.2) is 28.2 Å². The van der Waals surface area contributed by atoms with Gasteiger partial charge in [0.1, 0.15) is 0 Å². The molecule has 0 aromatic heterocycles. The van der Waals surface area contributed by atoms with E-state index in [2.05, 4.69) is 5.10 Å². The molecule has 0 unspecified atom stereocenters. The molecule has 10 heteroatoms. The minimum Gasteiger partial charge on any atom is -0.229 e. The maximum absolute atomic E-state index is 12.9. The second kappa shape index (κ2) is 6.58. The van der Waals surface area contributed by atoms with Crippen LogP contribution in [0.5, 0.6) is 0 Å². The van der Waals surface area contributed by atoms with Gasteiger partial charge in [-0.3, -0.25) is 0 Å². The summed E-state index contributed by atoms with van der Waals surface area (Å²) in [6.45, 7) is 3.28. The molecular formula is C13H16Cl2N2O4S2. The Balaban J connectivity index is 2.49. The minimum atomic E-state index is -4.03. The van der Waals surface area contributed by atoms with Gasteiger partial charge in [0, 0.05) is 5.71 Å². The Hall–Kier alpha value is -0.830. The molecule has 6 nitrogen and oxygen atoms in total. The maximum Gasteiger partial charge on any atom is 0.279 e. The van der Waals surface area contributed by atoms with Crippen LogP contribution in [-0.4, -0.2) is 44.5 Å². The van der Waals surface area contributed by atoms with Gasteiger partial charge < -0.3 is 0 Å². The molecule has 1 saturated heterocycles. The van der Waals surface area contributed by atoms with Crippen LogP contribution in [0.4, 0.5) is 0 Å². The highest BCUT2D eigenvalue weighted by Crippen LogP contribution is 2.29. The van der Waals surface area contributed by atoms with E-state index >= 15 is 0 Å². The number of benzene rings is 1. The summed E-state index contributed by atoms with van der Waals surface area (Å²) in [5.41, 5.74) is 0.498. The highest BCUT2D eigenvalue weighted by Gasteiger charge is 2.38. The van der Waals surface area contributed by atoms with Crippen LogP contribution < -0.4 is 0 Å². The number of hydrogen-bond donors (Lipinski definition) is 0. The molecule has 0 amide bonds. The summed E-state index contributed by atoms with van der Waals surface area (Å²) in [6, 6.07) is 3.20. The first-order valence-electron chi connectivity index (χ1n) is 6.75. The first kappa shape index (κ1) is 18.5. The second-order valence-electron chi connectivity index (χ2n) is 5.46. The monoisotopic (exact) mass is 398 g/mol. The lowest BCUT2D eigenvalue weighted by atomic mass is 10.3. The summed E-state index contributed by atoms with van der Waals surface area (Å²) in [5.74, 6) is -0.298. The Morgan fingerprint density at radius 3 is 2.39 bits per heavy atom. The molecule has 2 rings (SSSR count). The molecule has 1 fully saturated rings. The van der Waals surface area contributed by atoms with Crippen molar-refractivity contribution in [2.24, 2.45) is 5.10 Å². The van der Waals surface area contributed by atoms with Crippen molar-refractivity contribution in [3.63, 3.8) is 0 Å². The van der Waals surface area contributed by atoms with Gasteiger partial charge in [0.15, 0.2) is 9.84 Å². The molecular weight excluding hydrogens is 383 g/mol. The number of sulfone groups is 1. The predicted octanol–water partition coefficient (Wildman–Crippen LogP) is 2.57. The van der Waals surface area contributed by atoms with E-state index in [-0.39, 0.29) is 32.9 Å². The van der Waals surface area contributed by atoms with E-state index in [4.69, 9.17) is 23.2 Å². The van der Waals surface area contributed by atoms with Crippen molar-refractivity contribution >= 4 is 48.8 Å². The number of halogens is 2. The molecule has 23 heavy (non-hydrogen) atoms. The van der Waals surface area contributed by atoms with E-state index in [9.17, 15) is 16.8 Å². The summed E-state index contributed by atoms with van der Waals surface area (Å²) in [5, 5.41) is 4.38.